The summed E-state index contributed by atoms with van der Waals surface area (Å²) in [7, 11) is 1.85. The Morgan fingerprint density at radius 3 is 2.60 bits per heavy atom. The average Bonchev–Trinajstić information content (AvgIpc) is 2.54. The van der Waals surface area contributed by atoms with Crippen LogP contribution in [0.3, 0.4) is 0 Å². The van der Waals surface area contributed by atoms with Crippen LogP contribution in [0.15, 0.2) is 0 Å². The molecule has 0 amide bonds. The van der Waals surface area contributed by atoms with Gasteiger partial charge in [-0.25, -0.2) is 0 Å². The van der Waals surface area contributed by atoms with Gasteiger partial charge >= 0.3 is 0 Å². The van der Waals surface area contributed by atoms with Crippen molar-refractivity contribution in [2.24, 2.45) is 5.92 Å². The maximum absolute atomic E-state index is 11.4. The van der Waals surface area contributed by atoms with Crippen molar-refractivity contribution in [1.82, 2.24) is 4.90 Å². The molecule has 1 rings (SSSR count). The minimum Gasteiger partial charge on any atom is -0.394 e. The quantitative estimate of drug-likeness (QED) is 0.694. The summed E-state index contributed by atoms with van der Waals surface area (Å²) >= 11 is 0. The number of aliphatic hydroxyl groups excluding tert-OH is 2. The molecule has 0 spiro atoms. The fourth-order valence-corrected chi connectivity index (χ4v) is 2.69. The molecule has 1 aliphatic heterocycles. The minimum atomic E-state index is -0.746. The molecule has 1 heterocycles. The fourth-order valence-electron chi connectivity index (χ4n) is 2.69. The van der Waals surface area contributed by atoms with Crippen LogP contribution in [0.4, 0.5) is 0 Å². The maximum atomic E-state index is 11.4. The van der Waals surface area contributed by atoms with Crippen LogP contribution in [0.2, 0.25) is 0 Å². The van der Waals surface area contributed by atoms with Gasteiger partial charge in [0.05, 0.1) is 18.8 Å². The lowest BCUT2D eigenvalue weighted by Crippen LogP contribution is -2.45. The standard InChI is InChI=1S/C11H21NO3/c1-4-8-5-9(7(2)14)12(3)11(8)10(15)6-13/h8-11,13,15H,4-6H2,1-3H3/t8-,9-,10?,11-/m1/s1. The molecule has 0 aliphatic carbocycles. The van der Waals surface area contributed by atoms with Crippen molar-refractivity contribution < 1.29 is 15.0 Å². The zero-order valence-corrected chi connectivity index (χ0v) is 9.68. The van der Waals surface area contributed by atoms with Gasteiger partial charge < -0.3 is 10.2 Å². The van der Waals surface area contributed by atoms with E-state index in [1.165, 1.54) is 0 Å². The second-order valence-corrected chi connectivity index (χ2v) is 4.44. The molecular formula is C11H21NO3. The maximum Gasteiger partial charge on any atom is 0.146 e. The second-order valence-electron chi connectivity index (χ2n) is 4.44. The van der Waals surface area contributed by atoms with Crippen LogP contribution in [-0.4, -0.2) is 52.7 Å². The van der Waals surface area contributed by atoms with E-state index in [0.29, 0.717) is 5.92 Å². The van der Waals surface area contributed by atoms with Crippen molar-refractivity contribution in [2.45, 2.75) is 44.9 Å². The Morgan fingerprint density at radius 2 is 2.20 bits per heavy atom. The third kappa shape index (κ3) is 2.38. The van der Waals surface area contributed by atoms with E-state index in [9.17, 15) is 9.90 Å². The molecule has 4 nitrogen and oxygen atoms in total. The van der Waals surface area contributed by atoms with E-state index < -0.39 is 6.10 Å². The number of rotatable bonds is 4. The molecule has 88 valence electrons. The van der Waals surface area contributed by atoms with Crippen molar-refractivity contribution in [2.75, 3.05) is 13.7 Å². The van der Waals surface area contributed by atoms with Gasteiger partial charge in [-0.05, 0) is 26.3 Å². The highest BCUT2D eigenvalue weighted by atomic mass is 16.3. The molecule has 0 aromatic heterocycles. The van der Waals surface area contributed by atoms with Crippen molar-refractivity contribution in [3.05, 3.63) is 0 Å². The molecule has 0 radical (unpaired) electrons. The highest BCUT2D eigenvalue weighted by molar-refractivity contribution is 5.81. The SMILES string of the molecule is CC[C@@H]1C[C@H](C(C)=O)N(C)[C@H]1C(O)CO. The summed E-state index contributed by atoms with van der Waals surface area (Å²) in [5.41, 5.74) is 0. The summed E-state index contributed by atoms with van der Waals surface area (Å²) in [5, 5.41) is 18.7. The number of hydrogen-bond donors (Lipinski definition) is 2. The van der Waals surface area contributed by atoms with Gasteiger partial charge in [0, 0.05) is 6.04 Å². The minimum absolute atomic E-state index is 0.0890. The Bertz CT molecular complexity index is 232. The fraction of sp³-hybridized carbons (Fsp3) is 0.909. The Kier molecular flexibility index (Phi) is 4.25. The van der Waals surface area contributed by atoms with Crippen LogP contribution in [0.25, 0.3) is 0 Å². The van der Waals surface area contributed by atoms with Crippen LogP contribution < -0.4 is 0 Å². The van der Waals surface area contributed by atoms with E-state index in [2.05, 4.69) is 6.92 Å². The molecule has 2 N–H and O–H groups in total. The van der Waals surface area contributed by atoms with Gasteiger partial charge in [-0.3, -0.25) is 9.69 Å². The van der Waals surface area contributed by atoms with Crippen molar-refractivity contribution in [3.63, 3.8) is 0 Å². The van der Waals surface area contributed by atoms with Crippen molar-refractivity contribution in [3.8, 4) is 0 Å². The van der Waals surface area contributed by atoms with Crippen LogP contribution in [-0.2, 0) is 4.79 Å². The Morgan fingerprint density at radius 1 is 1.60 bits per heavy atom. The first-order valence-electron chi connectivity index (χ1n) is 5.54. The lowest BCUT2D eigenvalue weighted by atomic mass is 9.92. The first kappa shape index (κ1) is 12.6. The second kappa shape index (κ2) is 5.05. The molecule has 0 saturated carbocycles. The van der Waals surface area contributed by atoms with Gasteiger partial charge in [-0.2, -0.15) is 0 Å². The molecular weight excluding hydrogens is 194 g/mol. The zero-order valence-electron chi connectivity index (χ0n) is 9.68. The summed E-state index contributed by atoms with van der Waals surface area (Å²) in [6.45, 7) is 3.40. The van der Waals surface area contributed by atoms with E-state index >= 15 is 0 Å². The summed E-state index contributed by atoms with van der Waals surface area (Å²) in [5.74, 6) is 0.439. The number of carbonyl (C=O) groups excluding carboxylic acids is 1. The lowest BCUT2D eigenvalue weighted by molar-refractivity contribution is -0.121. The van der Waals surface area contributed by atoms with Crippen LogP contribution in [0.1, 0.15) is 26.7 Å². The molecule has 15 heavy (non-hydrogen) atoms. The van der Waals surface area contributed by atoms with Crippen molar-refractivity contribution in [1.29, 1.82) is 0 Å². The third-order valence-corrected chi connectivity index (χ3v) is 3.55. The van der Waals surface area contributed by atoms with Gasteiger partial charge in [-0.1, -0.05) is 13.3 Å². The molecule has 1 saturated heterocycles. The number of ketones is 1. The average molecular weight is 215 g/mol. The number of nitrogens with zero attached hydrogens (tertiary/aromatic N) is 1. The van der Waals surface area contributed by atoms with E-state index in [1.807, 2.05) is 11.9 Å². The van der Waals surface area contributed by atoms with Crippen LogP contribution in [0, 0.1) is 5.92 Å². The predicted molar refractivity (Wildman–Crippen MR) is 57.5 cm³/mol. The summed E-state index contributed by atoms with van der Waals surface area (Å²) < 4.78 is 0. The van der Waals surface area contributed by atoms with Crippen molar-refractivity contribution >= 4 is 5.78 Å². The number of likely N-dealkylation sites (tertiary alicyclic amines) is 1. The Hall–Kier alpha value is -0.450. The lowest BCUT2D eigenvalue weighted by Gasteiger charge is -2.29. The largest absolute Gasteiger partial charge is 0.394 e. The summed E-state index contributed by atoms with van der Waals surface area (Å²) in [4.78, 5) is 13.3. The normalized spacial score (nSPS) is 34.3. The number of carbonyl (C=O) groups is 1. The molecule has 4 heteroatoms. The van der Waals surface area contributed by atoms with E-state index in [1.54, 1.807) is 6.92 Å². The molecule has 1 unspecified atom stereocenters. The number of hydrogen-bond acceptors (Lipinski definition) is 4. The molecule has 0 bridgehead atoms. The van der Waals surface area contributed by atoms with Gasteiger partial charge in [0.15, 0.2) is 0 Å². The highest BCUT2D eigenvalue weighted by Crippen LogP contribution is 2.33. The van der Waals surface area contributed by atoms with Crippen LogP contribution in [0.5, 0.6) is 0 Å². The summed E-state index contributed by atoms with van der Waals surface area (Å²) in [6.07, 6.45) is 0.976. The topological polar surface area (TPSA) is 60.8 Å². The van der Waals surface area contributed by atoms with Gasteiger partial charge in [0.2, 0.25) is 0 Å². The van der Waals surface area contributed by atoms with Gasteiger partial charge in [-0.15, -0.1) is 0 Å². The van der Waals surface area contributed by atoms with E-state index in [-0.39, 0.29) is 24.5 Å². The molecule has 0 aromatic rings. The first-order chi connectivity index (χ1) is 7.02. The first-order valence-corrected chi connectivity index (χ1v) is 5.54. The Balaban J connectivity index is 2.80. The van der Waals surface area contributed by atoms with Gasteiger partial charge in [0.25, 0.3) is 0 Å². The Labute approximate surface area is 90.9 Å². The molecule has 1 fully saturated rings. The highest BCUT2D eigenvalue weighted by Gasteiger charge is 2.43. The van der Waals surface area contributed by atoms with Gasteiger partial charge in [0.1, 0.15) is 5.78 Å². The third-order valence-electron chi connectivity index (χ3n) is 3.55. The van der Waals surface area contributed by atoms with E-state index in [4.69, 9.17) is 5.11 Å². The smallest absolute Gasteiger partial charge is 0.146 e. The number of aliphatic hydroxyl groups is 2. The predicted octanol–water partition coefficient (Wildman–Crippen LogP) is 0.0275. The monoisotopic (exact) mass is 215 g/mol. The molecule has 0 aromatic carbocycles. The zero-order chi connectivity index (χ0) is 11.6. The number of Topliss-reactive ketones (excluding diaryl/α,β-unsaturated/α-hetero) is 1. The number of likely N-dealkylation sites (N-methyl/N-ethyl adjacent to an activating group) is 1. The molecule has 1 aliphatic rings. The summed E-state index contributed by atoms with van der Waals surface area (Å²) in [6, 6.07) is -0.185. The molecule has 4 atom stereocenters. The van der Waals surface area contributed by atoms with Crippen LogP contribution >= 0.6 is 0 Å². The van der Waals surface area contributed by atoms with E-state index in [0.717, 1.165) is 12.8 Å².